The van der Waals surface area contributed by atoms with Gasteiger partial charge in [0, 0.05) is 10.9 Å². The van der Waals surface area contributed by atoms with Crippen molar-refractivity contribution in [3.05, 3.63) is 95.5 Å². The zero-order valence-corrected chi connectivity index (χ0v) is 19.2. The van der Waals surface area contributed by atoms with E-state index in [0.29, 0.717) is 36.5 Å². The first-order valence-corrected chi connectivity index (χ1v) is 11.5. The molecule has 176 valence electrons. The molecule has 1 N–H and O–H groups in total. The second-order valence-corrected chi connectivity index (χ2v) is 8.18. The summed E-state index contributed by atoms with van der Waals surface area (Å²) in [6.07, 6.45) is 1.55. The Morgan fingerprint density at radius 1 is 0.943 bits per heavy atom. The maximum absolute atomic E-state index is 11.3. The summed E-state index contributed by atoms with van der Waals surface area (Å²) in [6, 6.07) is 23.2. The lowest BCUT2D eigenvalue weighted by Gasteiger charge is -2.12. The van der Waals surface area contributed by atoms with Crippen LogP contribution in [-0.4, -0.2) is 21.0 Å². The quantitative estimate of drug-likeness (QED) is 0.276. The van der Waals surface area contributed by atoms with E-state index in [1.807, 2.05) is 67.6 Å². The van der Waals surface area contributed by atoms with E-state index in [1.165, 1.54) is 0 Å². The number of rotatable bonds is 9. The lowest BCUT2D eigenvalue weighted by molar-refractivity contribution is 0.0656. The summed E-state index contributed by atoms with van der Waals surface area (Å²) < 4.78 is 17.5. The lowest BCUT2D eigenvalue weighted by Crippen LogP contribution is -2.01. The normalized spacial score (nSPS) is 11.1. The van der Waals surface area contributed by atoms with E-state index in [-0.39, 0.29) is 5.89 Å². The monoisotopic (exact) mass is 468 g/mol. The number of oxazole rings is 1. The average Bonchev–Trinajstić information content (AvgIpc) is 3.33. The minimum atomic E-state index is -1.19. The van der Waals surface area contributed by atoms with Crippen LogP contribution in [0.25, 0.3) is 22.0 Å². The molecule has 0 radical (unpaired) electrons. The van der Waals surface area contributed by atoms with Gasteiger partial charge in [-0.3, -0.25) is 0 Å². The van der Waals surface area contributed by atoms with Crippen molar-refractivity contribution in [1.82, 2.24) is 9.97 Å². The van der Waals surface area contributed by atoms with Gasteiger partial charge in [-0.15, -0.1) is 0 Å². The van der Waals surface area contributed by atoms with E-state index in [9.17, 15) is 9.90 Å². The van der Waals surface area contributed by atoms with Crippen molar-refractivity contribution in [2.24, 2.45) is 0 Å². The number of pyridine rings is 1. The highest BCUT2D eigenvalue weighted by atomic mass is 16.5. The van der Waals surface area contributed by atoms with E-state index in [2.05, 4.69) is 9.97 Å². The molecule has 0 amide bonds. The standard InChI is InChI=1S/C28H24N2O5/c1-2-6-22-24(13-14-25-26(22)30-27(35-25)28(31)32)34-16-18-7-5-9-21(15-18)33-17-20-12-11-19-8-3-4-10-23(19)29-20/h3-5,7-15H,2,6,16-17H2,1H3,(H,31,32). The van der Waals surface area contributed by atoms with Crippen molar-refractivity contribution in [1.29, 1.82) is 0 Å². The third-order valence-corrected chi connectivity index (χ3v) is 5.64. The molecule has 0 unspecified atom stereocenters. The number of aromatic carboxylic acids is 1. The van der Waals surface area contributed by atoms with Crippen LogP contribution in [0, 0.1) is 0 Å². The molecule has 0 spiro atoms. The lowest BCUT2D eigenvalue weighted by atomic mass is 10.1. The highest BCUT2D eigenvalue weighted by Gasteiger charge is 2.18. The number of aromatic nitrogens is 2. The van der Waals surface area contributed by atoms with Gasteiger partial charge in [0.05, 0.1) is 11.2 Å². The topological polar surface area (TPSA) is 94.7 Å². The number of para-hydroxylation sites is 1. The van der Waals surface area contributed by atoms with Gasteiger partial charge >= 0.3 is 11.9 Å². The maximum Gasteiger partial charge on any atom is 0.392 e. The van der Waals surface area contributed by atoms with Crippen LogP contribution >= 0.6 is 0 Å². The Morgan fingerprint density at radius 2 is 1.83 bits per heavy atom. The Hall–Kier alpha value is -4.39. The number of carbonyl (C=O) groups is 1. The zero-order chi connectivity index (χ0) is 24.2. The van der Waals surface area contributed by atoms with Gasteiger partial charge in [0.2, 0.25) is 0 Å². The number of nitrogens with zero attached hydrogens (tertiary/aromatic N) is 2. The number of ether oxygens (including phenoxy) is 2. The maximum atomic E-state index is 11.3. The molecular weight excluding hydrogens is 444 g/mol. The van der Waals surface area contributed by atoms with Crippen LogP contribution < -0.4 is 9.47 Å². The first-order valence-electron chi connectivity index (χ1n) is 11.5. The van der Waals surface area contributed by atoms with Crippen LogP contribution in [0.2, 0.25) is 0 Å². The first-order chi connectivity index (χ1) is 17.1. The summed E-state index contributed by atoms with van der Waals surface area (Å²) in [5.41, 5.74) is 4.56. The van der Waals surface area contributed by atoms with Crippen molar-refractivity contribution in [3.8, 4) is 11.5 Å². The average molecular weight is 469 g/mol. The fraction of sp³-hybridized carbons (Fsp3) is 0.179. The first kappa shape index (κ1) is 22.4. The van der Waals surface area contributed by atoms with Crippen LogP contribution in [0.1, 0.15) is 40.9 Å². The fourth-order valence-electron chi connectivity index (χ4n) is 3.98. The Kier molecular flexibility index (Phi) is 6.30. The van der Waals surface area contributed by atoms with Crippen LogP contribution in [0.5, 0.6) is 11.5 Å². The second-order valence-electron chi connectivity index (χ2n) is 8.18. The summed E-state index contributed by atoms with van der Waals surface area (Å²) in [6.45, 7) is 2.74. The minimum Gasteiger partial charge on any atom is -0.489 e. The van der Waals surface area contributed by atoms with E-state index < -0.39 is 5.97 Å². The molecule has 7 heteroatoms. The number of benzene rings is 3. The number of hydrogen-bond donors (Lipinski definition) is 1. The van der Waals surface area contributed by atoms with Gasteiger partial charge in [0.1, 0.15) is 30.2 Å². The van der Waals surface area contributed by atoms with Gasteiger partial charge < -0.3 is 19.0 Å². The van der Waals surface area contributed by atoms with Gasteiger partial charge in [-0.1, -0.05) is 49.7 Å². The van der Waals surface area contributed by atoms with Crippen LogP contribution in [-0.2, 0) is 19.6 Å². The molecule has 0 aliphatic heterocycles. The molecule has 0 aliphatic rings. The van der Waals surface area contributed by atoms with E-state index in [4.69, 9.17) is 13.9 Å². The molecule has 0 saturated carbocycles. The SMILES string of the molecule is CCCc1c(OCc2cccc(OCc3ccc4ccccc4n3)c2)ccc2oc(C(=O)O)nc12. The van der Waals surface area contributed by atoms with Gasteiger partial charge in [-0.2, -0.15) is 0 Å². The second kappa shape index (κ2) is 9.85. The molecule has 0 saturated heterocycles. The summed E-state index contributed by atoms with van der Waals surface area (Å²) in [7, 11) is 0. The van der Waals surface area contributed by atoms with Gasteiger partial charge in [-0.25, -0.2) is 14.8 Å². The van der Waals surface area contributed by atoms with Gasteiger partial charge in [0.25, 0.3) is 0 Å². The molecule has 7 nitrogen and oxygen atoms in total. The predicted octanol–water partition coefficient (Wildman–Crippen LogP) is 6.18. The molecular formula is C28H24N2O5. The summed E-state index contributed by atoms with van der Waals surface area (Å²) in [4.78, 5) is 20.1. The van der Waals surface area contributed by atoms with Crippen LogP contribution in [0.15, 0.2) is 77.2 Å². The molecule has 3 aromatic carbocycles. The third-order valence-electron chi connectivity index (χ3n) is 5.64. The van der Waals surface area contributed by atoms with E-state index in [0.717, 1.165) is 39.9 Å². The number of aryl methyl sites for hydroxylation is 1. The number of fused-ring (bicyclic) bond motifs is 2. The fourth-order valence-corrected chi connectivity index (χ4v) is 3.98. The Balaban J connectivity index is 1.29. The van der Waals surface area contributed by atoms with Gasteiger partial charge in [-0.05, 0) is 48.4 Å². The predicted molar refractivity (Wildman–Crippen MR) is 132 cm³/mol. The van der Waals surface area contributed by atoms with Crippen molar-refractivity contribution in [2.45, 2.75) is 33.0 Å². The molecule has 5 rings (SSSR count). The molecule has 0 fully saturated rings. The molecule has 5 aromatic rings. The molecule has 35 heavy (non-hydrogen) atoms. The third kappa shape index (κ3) is 4.94. The molecule has 0 atom stereocenters. The van der Waals surface area contributed by atoms with Crippen LogP contribution in [0.4, 0.5) is 0 Å². The van der Waals surface area contributed by atoms with Crippen molar-refractivity contribution >= 4 is 28.0 Å². The highest BCUT2D eigenvalue weighted by molar-refractivity contribution is 5.88. The Morgan fingerprint density at radius 3 is 2.69 bits per heavy atom. The summed E-state index contributed by atoms with van der Waals surface area (Å²) in [5.74, 6) is -0.119. The largest absolute Gasteiger partial charge is 0.489 e. The molecule has 2 aromatic heterocycles. The minimum absolute atomic E-state index is 0.319. The number of hydrogen-bond acceptors (Lipinski definition) is 6. The Labute approximate surface area is 202 Å². The van der Waals surface area contributed by atoms with Crippen molar-refractivity contribution < 1.29 is 23.8 Å². The van der Waals surface area contributed by atoms with E-state index in [1.54, 1.807) is 12.1 Å². The molecule has 2 heterocycles. The number of carboxylic acids is 1. The zero-order valence-electron chi connectivity index (χ0n) is 19.2. The summed E-state index contributed by atoms with van der Waals surface area (Å²) >= 11 is 0. The summed E-state index contributed by atoms with van der Waals surface area (Å²) in [5, 5.41) is 10.3. The molecule has 0 aliphatic carbocycles. The van der Waals surface area contributed by atoms with Crippen molar-refractivity contribution in [2.75, 3.05) is 0 Å². The van der Waals surface area contributed by atoms with Crippen LogP contribution in [0.3, 0.4) is 0 Å². The van der Waals surface area contributed by atoms with E-state index >= 15 is 0 Å². The molecule has 0 bridgehead atoms. The Bertz CT molecular complexity index is 1510. The number of carboxylic acid groups (broad SMARTS) is 1. The van der Waals surface area contributed by atoms with Gasteiger partial charge in [0.15, 0.2) is 5.58 Å². The smallest absolute Gasteiger partial charge is 0.392 e. The highest BCUT2D eigenvalue weighted by Crippen LogP contribution is 2.30. The van der Waals surface area contributed by atoms with Crippen molar-refractivity contribution in [3.63, 3.8) is 0 Å².